The Labute approximate surface area is 163 Å². The van der Waals surface area contributed by atoms with Crippen LogP contribution in [0.25, 0.3) is 11.0 Å². The van der Waals surface area contributed by atoms with Crippen LogP contribution in [0.1, 0.15) is 13.2 Å². The highest BCUT2D eigenvalue weighted by Gasteiger charge is 2.47. The van der Waals surface area contributed by atoms with Gasteiger partial charge in [0.2, 0.25) is 0 Å². The van der Waals surface area contributed by atoms with Gasteiger partial charge < -0.3 is 20.7 Å². The summed E-state index contributed by atoms with van der Waals surface area (Å²) in [6, 6.07) is 0. The Hall–Kier alpha value is -1.62. The van der Waals surface area contributed by atoms with Crippen LogP contribution in [-0.2, 0) is 19.2 Å². The zero-order chi connectivity index (χ0) is 20.6. The molecular weight excluding hydrogens is 419 g/mol. The second-order valence-electron chi connectivity index (χ2n) is 6.10. The van der Waals surface area contributed by atoms with Crippen molar-refractivity contribution in [3.63, 3.8) is 0 Å². The highest BCUT2D eigenvalue weighted by atomic mass is 32.2. The lowest BCUT2D eigenvalue weighted by molar-refractivity contribution is -0.0456. The highest BCUT2D eigenvalue weighted by Crippen LogP contribution is 2.38. The van der Waals surface area contributed by atoms with Crippen LogP contribution in [0.15, 0.2) is 11.4 Å². The second-order valence-corrected chi connectivity index (χ2v) is 8.74. The Kier molecular flexibility index (Phi) is 6.04. The Morgan fingerprint density at radius 3 is 2.86 bits per heavy atom. The molecule has 1 saturated heterocycles. The fourth-order valence-corrected chi connectivity index (χ4v) is 3.88. The summed E-state index contributed by atoms with van der Waals surface area (Å²) in [7, 11) is -4.29. The Balaban J connectivity index is 1.95. The van der Waals surface area contributed by atoms with E-state index in [0.29, 0.717) is 10.4 Å². The summed E-state index contributed by atoms with van der Waals surface area (Å²) in [4.78, 5) is 7.97. The topological polar surface area (TPSA) is 189 Å². The van der Waals surface area contributed by atoms with E-state index in [1.165, 1.54) is 18.1 Å². The number of nitrogens with two attached hydrogens (primary N) is 2. The number of ether oxygens (including phenoxy) is 1. The third-order valence-electron chi connectivity index (χ3n) is 3.99. The lowest BCUT2D eigenvalue weighted by Crippen LogP contribution is -2.33. The molecule has 1 fully saturated rings. The van der Waals surface area contributed by atoms with E-state index >= 15 is 0 Å². The molecule has 28 heavy (non-hydrogen) atoms. The van der Waals surface area contributed by atoms with E-state index < -0.39 is 41.5 Å². The molecule has 0 spiro atoms. The molecule has 3 rings (SSSR count). The van der Waals surface area contributed by atoms with Crippen molar-refractivity contribution in [1.29, 1.82) is 0 Å². The number of hydrogen-bond acceptors (Lipinski definition) is 11. The van der Waals surface area contributed by atoms with Crippen molar-refractivity contribution in [1.82, 2.24) is 19.7 Å². The number of nitrogens with zero attached hydrogens (tertiary/aromatic N) is 4. The van der Waals surface area contributed by atoms with Crippen molar-refractivity contribution in [3.05, 3.63) is 6.33 Å². The predicted octanol–water partition coefficient (Wildman–Crippen LogP) is -1.30. The average molecular weight is 438 g/mol. The van der Waals surface area contributed by atoms with Gasteiger partial charge in [0.25, 0.3) is 0 Å². The van der Waals surface area contributed by atoms with Gasteiger partial charge in [-0.1, -0.05) is 18.7 Å². The van der Waals surface area contributed by atoms with Crippen molar-refractivity contribution >= 4 is 38.9 Å². The first-order chi connectivity index (χ1) is 13.1. The van der Waals surface area contributed by atoms with Crippen LogP contribution in [-0.4, -0.2) is 75.2 Å². The summed E-state index contributed by atoms with van der Waals surface area (Å²) in [6.07, 6.45) is -5.19. The van der Waals surface area contributed by atoms with Crippen LogP contribution >= 0.6 is 11.8 Å². The minimum Gasteiger partial charge on any atom is -0.395 e. The third-order valence-corrected chi connectivity index (χ3v) is 5.51. The first-order valence-electron chi connectivity index (χ1n) is 8.03. The number of aliphatic hydroxyl groups excluding tert-OH is 2. The van der Waals surface area contributed by atoms with E-state index in [-0.39, 0.29) is 23.3 Å². The maximum Gasteiger partial charge on any atom is 0.333 e. The van der Waals surface area contributed by atoms with Crippen molar-refractivity contribution < 1.29 is 31.9 Å². The van der Waals surface area contributed by atoms with Crippen molar-refractivity contribution in [2.45, 2.75) is 41.8 Å². The first kappa shape index (κ1) is 21.1. The molecule has 3 heterocycles. The molecule has 0 aliphatic carbocycles. The van der Waals surface area contributed by atoms with Crippen LogP contribution in [0.5, 0.6) is 0 Å². The van der Waals surface area contributed by atoms with Gasteiger partial charge in [-0.05, 0) is 0 Å². The molecule has 0 unspecified atom stereocenters. The van der Waals surface area contributed by atoms with Crippen molar-refractivity contribution in [3.8, 4) is 0 Å². The molecule has 156 valence electrons. The van der Waals surface area contributed by atoms with Gasteiger partial charge in [-0.3, -0.25) is 4.18 Å². The zero-order valence-corrected chi connectivity index (χ0v) is 16.2. The van der Waals surface area contributed by atoms with Gasteiger partial charge in [0, 0.05) is 5.25 Å². The van der Waals surface area contributed by atoms with E-state index in [1.54, 1.807) is 6.92 Å². The van der Waals surface area contributed by atoms with E-state index in [2.05, 4.69) is 19.2 Å². The standard InChI is InChI=1S/C13H19FN6O6S2/c1-5(2-21)27-12-7-10(15)17-4-18-11(7)20(19-12)13-8(14)9(22)6(26-13)3-25-28(16,23)24/h4-6,8-9,13,21-22H,2-3H2,1H3,(H2,15,17,18)(H2,16,23,24)/t5-,6+,8-,9+,13+/m0/s1. The molecule has 0 amide bonds. The maximum absolute atomic E-state index is 14.7. The zero-order valence-electron chi connectivity index (χ0n) is 14.5. The van der Waals surface area contributed by atoms with E-state index in [4.69, 9.17) is 15.6 Å². The van der Waals surface area contributed by atoms with Gasteiger partial charge in [0.1, 0.15) is 29.4 Å². The molecule has 0 bridgehead atoms. The van der Waals surface area contributed by atoms with Gasteiger partial charge >= 0.3 is 10.3 Å². The van der Waals surface area contributed by atoms with Gasteiger partial charge in [-0.2, -0.15) is 13.5 Å². The largest absolute Gasteiger partial charge is 0.395 e. The minimum atomic E-state index is -4.29. The number of nitrogen functional groups attached to an aromatic ring is 1. The van der Waals surface area contributed by atoms with Gasteiger partial charge in [0.15, 0.2) is 18.0 Å². The number of rotatable bonds is 7. The fourth-order valence-electron chi connectivity index (χ4n) is 2.65. The predicted molar refractivity (Wildman–Crippen MR) is 96.0 cm³/mol. The molecular formula is C13H19FN6O6S2. The van der Waals surface area contributed by atoms with Crippen molar-refractivity contribution in [2.75, 3.05) is 18.9 Å². The number of aromatic nitrogens is 4. The van der Waals surface area contributed by atoms with Gasteiger partial charge in [-0.15, -0.1) is 0 Å². The highest BCUT2D eigenvalue weighted by molar-refractivity contribution is 8.00. The smallest absolute Gasteiger partial charge is 0.333 e. The lowest BCUT2D eigenvalue weighted by Gasteiger charge is -2.14. The molecule has 0 radical (unpaired) electrons. The molecule has 1 aliphatic rings. The number of thioether (sulfide) groups is 1. The monoisotopic (exact) mass is 438 g/mol. The maximum atomic E-state index is 14.7. The summed E-state index contributed by atoms with van der Waals surface area (Å²) >= 11 is 1.18. The number of alkyl halides is 1. The van der Waals surface area contributed by atoms with E-state index in [9.17, 15) is 23.0 Å². The molecule has 0 saturated carbocycles. The Bertz CT molecular complexity index is 958. The summed E-state index contributed by atoms with van der Waals surface area (Å²) < 4.78 is 47.5. The molecule has 6 N–H and O–H groups in total. The second kappa shape index (κ2) is 8.02. The molecule has 12 nitrogen and oxygen atoms in total. The van der Waals surface area contributed by atoms with Crippen LogP contribution in [0.3, 0.4) is 0 Å². The average Bonchev–Trinajstić information content (AvgIpc) is 3.12. The van der Waals surface area contributed by atoms with Crippen LogP contribution in [0, 0.1) is 0 Å². The molecule has 2 aromatic heterocycles. The third kappa shape index (κ3) is 4.19. The van der Waals surface area contributed by atoms with Gasteiger partial charge in [0.05, 0.1) is 18.6 Å². The van der Waals surface area contributed by atoms with E-state index in [0.717, 1.165) is 4.68 Å². The number of halogens is 1. The quantitative estimate of drug-likeness (QED) is 0.376. The number of anilines is 1. The normalized spacial score (nSPS) is 26.8. The lowest BCUT2D eigenvalue weighted by atomic mass is 10.1. The van der Waals surface area contributed by atoms with Crippen LogP contribution in [0.2, 0.25) is 0 Å². The molecule has 2 aromatic rings. The Morgan fingerprint density at radius 2 is 2.21 bits per heavy atom. The SMILES string of the molecule is C[C@@H](CO)Sc1nn([C@@H]2O[C@H](COS(N)(=O)=O)[C@@H](O)[C@@H]2F)c2ncnc(N)c12. The number of aliphatic hydroxyl groups is 2. The van der Waals surface area contributed by atoms with Crippen LogP contribution < -0.4 is 10.9 Å². The summed E-state index contributed by atoms with van der Waals surface area (Å²) in [5.74, 6) is 0.104. The summed E-state index contributed by atoms with van der Waals surface area (Å²) in [5, 5.41) is 28.8. The fraction of sp³-hybridized carbons (Fsp3) is 0.615. The van der Waals surface area contributed by atoms with Crippen LogP contribution in [0.4, 0.5) is 10.2 Å². The van der Waals surface area contributed by atoms with E-state index in [1.807, 2.05) is 0 Å². The molecule has 1 aliphatic heterocycles. The van der Waals surface area contributed by atoms with Gasteiger partial charge in [-0.25, -0.2) is 24.2 Å². The molecule has 0 aromatic carbocycles. The Morgan fingerprint density at radius 1 is 1.50 bits per heavy atom. The molecule has 5 atom stereocenters. The summed E-state index contributed by atoms with van der Waals surface area (Å²) in [5.41, 5.74) is 6.07. The molecule has 15 heteroatoms. The number of hydrogen-bond donors (Lipinski definition) is 4. The first-order valence-corrected chi connectivity index (χ1v) is 10.4. The van der Waals surface area contributed by atoms with Crippen molar-refractivity contribution in [2.24, 2.45) is 5.14 Å². The minimum absolute atomic E-state index is 0.104. The number of fused-ring (bicyclic) bond motifs is 1. The summed E-state index contributed by atoms with van der Waals surface area (Å²) in [6.45, 7) is 0.949.